The SMILES string of the molecule is CNc1ncc(Br)cc1C(=O)NCc1cccc(C)c1. The Hall–Kier alpha value is -1.88. The van der Waals surface area contributed by atoms with E-state index in [0.717, 1.165) is 10.0 Å². The van der Waals surface area contributed by atoms with Crippen LogP contribution < -0.4 is 10.6 Å². The van der Waals surface area contributed by atoms with Crippen LogP contribution in [0.3, 0.4) is 0 Å². The van der Waals surface area contributed by atoms with Crippen LogP contribution in [0.25, 0.3) is 0 Å². The van der Waals surface area contributed by atoms with Gasteiger partial charge in [-0.25, -0.2) is 4.98 Å². The summed E-state index contributed by atoms with van der Waals surface area (Å²) in [6.07, 6.45) is 1.66. The van der Waals surface area contributed by atoms with Crippen LogP contribution in [0.2, 0.25) is 0 Å². The average Bonchev–Trinajstić information content (AvgIpc) is 2.45. The minimum Gasteiger partial charge on any atom is -0.372 e. The monoisotopic (exact) mass is 333 g/mol. The van der Waals surface area contributed by atoms with E-state index in [9.17, 15) is 4.79 Å². The third kappa shape index (κ3) is 3.57. The third-order valence-electron chi connectivity index (χ3n) is 2.87. The molecule has 0 aliphatic heterocycles. The van der Waals surface area contributed by atoms with Gasteiger partial charge in [-0.15, -0.1) is 0 Å². The van der Waals surface area contributed by atoms with Gasteiger partial charge in [0.15, 0.2) is 0 Å². The molecule has 2 rings (SSSR count). The molecule has 4 nitrogen and oxygen atoms in total. The smallest absolute Gasteiger partial charge is 0.255 e. The minimum atomic E-state index is -0.148. The maximum atomic E-state index is 12.2. The van der Waals surface area contributed by atoms with Crippen molar-refractivity contribution >= 4 is 27.7 Å². The lowest BCUT2D eigenvalue weighted by Gasteiger charge is -2.10. The number of pyridine rings is 1. The molecule has 0 spiro atoms. The molecule has 0 fully saturated rings. The van der Waals surface area contributed by atoms with Gasteiger partial charge in [0.05, 0.1) is 5.56 Å². The summed E-state index contributed by atoms with van der Waals surface area (Å²) in [5.41, 5.74) is 2.78. The Morgan fingerprint density at radius 3 is 2.85 bits per heavy atom. The van der Waals surface area contributed by atoms with Gasteiger partial charge in [-0.05, 0) is 34.5 Å². The van der Waals surface area contributed by atoms with Gasteiger partial charge in [-0.3, -0.25) is 4.79 Å². The maximum absolute atomic E-state index is 12.2. The maximum Gasteiger partial charge on any atom is 0.255 e. The Balaban J connectivity index is 2.10. The molecular formula is C15H16BrN3O. The molecule has 2 aromatic rings. The number of aromatic nitrogens is 1. The summed E-state index contributed by atoms with van der Waals surface area (Å²) in [5, 5.41) is 5.82. The first-order valence-electron chi connectivity index (χ1n) is 6.27. The fraction of sp³-hybridized carbons (Fsp3) is 0.200. The van der Waals surface area contributed by atoms with Crippen molar-refractivity contribution in [2.75, 3.05) is 12.4 Å². The van der Waals surface area contributed by atoms with E-state index in [1.807, 2.05) is 25.1 Å². The molecule has 1 aromatic heterocycles. The predicted octanol–water partition coefficient (Wildman–Crippen LogP) is 3.12. The molecule has 0 saturated carbocycles. The van der Waals surface area contributed by atoms with Crippen molar-refractivity contribution < 1.29 is 4.79 Å². The molecule has 0 saturated heterocycles. The van der Waals surface area contributed by atoms with Crippen LogP contribution in [0.4, 0.5) is 5.82 Å². The van der Waals surface area contributed by atoms with Crippen molar-refractivity contribution in [2.24, 2.45) is 0 Å². The van der Waals surface area contributed by atoms with E-state index in [1.165, 1.54) is 5.56 Å². The fourth-order valence-corrected chi connectivity index (χ4v) is 2.24. The summed E-state index contributed by atoms with van der Waals surface area (Å²) >= 11 is 3.33. The summed E-state index contributed by atoms with van der Waals surface area (Å²) in [6, 6.07) is 9.81. The number of amides is 1. The number of carbonyl (C=O) groups is 1. The molecule has 0 aliphatic carbocycles. The molecule has 20 heavy (non-hydrogen) atoms. The molecule has 104 valence electrons. The van der Waals surface area contributed by atoms with Crippen LogP contribution in [-0.2, 0) is 6.54 Å². The highest BCUT2D eigenvalue weighted by molar-refractivity contribution is 9.10. The van der Waals surface area contributed by atoms with Crippen LogP contribution in [0.1, 0.15) is 21.5 Å². The lowest BCUT2D eigenvalue weighted by Crippen LogP contribution is -2.24. The number of nitrogens with one attached hydrogen (secondary N) is 2. The first-order chi connectivity index (χ1) is 9.60. The lowest BCUT2D eigenvalue weighted by atomic mass is 10.1. The van der Waals surface area contributed by atoms with E-state index < -0.39 is 0 Å². The summed E-state index contributed by atoms with van der Waals surface area (Å²) < 4.78 is 0.775. The molecule has 1 heterocycles. The molecule has 1 aromatic carbocycles. The van der Waals surface area contributed by atoms with Gasteiger partial charge in [0, 0.05) is 24.3 Å². The predicted molar refractivity (Wildman–Crippen MR) is 83.8 cm³/mol. The molecule has 0 atom stereocenters. The van der Waals surface area contributed by atoms with Crippen molar-refractivity contribution in [1.29, 1.82) is 0 Å². The van der Waals surface area contributed by atoms with Crippen LogP contribution in [0, 0.1) is 6.92 Å². The largest absolute Gasteiger partial charge is 0.372 e. The Labute approximate surface area is 126 Å². The zero-order valence-corrected chi connectivity index (χ0v) is 13.0. The lowest BCUT2D eigenvalue weighted by molar-refractivity contribution is 0.0951. The van der Waals surface area contributed by atoms with Gasteiger partial charge < -0.3 is 10.6 Å². The van der Waals surface area contributed by atoms with Gasteiger partial charge in [0.25, 0.3) is 5.91 Å². The fourth-order valence-electron chi connectivity index (χ4n) is 1.91. The first kappa shape index (κ1) is 14.5. The van der Waals surface area contributed by atoms with Gasteiger partial charge in [-0.2, -0.15) is 0 Å². The van der Waals surface area contributed by atoms with E-state index in [1.54, 1.807) is 19.3 Å². The topological polar surface area (TPSA) is 54.0 Å². The molecular weight excluding hydrogens is 318 g/mol. The molecule has 1 amide bonds. The Morgan fingerprint density at radius 1 is 1.35 bits per heavy atom. The number of carbonyl (C=O) groups excluding carboxylic acids is 1. The summed E-state index contributed by atoms with van der Waals surface area (Å²) in [4.78, 5) is 16.4. The summed E-state index contributed by atoms with van der Waals surface area (Å²) in [7, 11) is 1.74. The highest BCUT2D eigenvalue weighted by Gasteiger charge is 2.12. The molecule has 0 unspecified atom stereocenters. The highest BCUT2D eigenvalue weighted by Crippen LogP contribution is 2.17. The molecule has 0 radical (unpaired) electrons. The van der Waals surface area contributed by atoms with Crippen molar-refractivity contribution in [1.82, 2.24) is 10.3 Å². The van der Waals surface area contributed by atoms with E-state index in [0.29, 0.717) is 17.9 Å². The van der Waals surface area contributed by atoms with Crippen LogP contribution in [-0.4, -0.2) is 17.9 Å². The zero-order valence-electron chi connectivity index (χ0n) is 11.4. The molecule has 2 N–H and O–H groups in total. The van der Waals surface area contributed by atoms with E-state index in [-0.39, 0.29) is 5.91 Å². The van der Waals surface area contributed by atoms with Crippen LogP contribution in [0.15, 0.2) is 41.0 Å². The van der Waals surface area contributed by atoms with Gasteiger partial charge in [0.2, 0.25) is 0 Å². The van der Waals surface area contributed by atoms with Crippen molar-refractivity contribution in [2.45, 2.75) is 13.5 Å². The highest BCUT2D eigenvalue weighted by atomic mass is 79.9. The number of hydrogen-bond acceptors (Lipinski definition) is 3. The van der Waals surface area contributed by atoms with Gasteiger partial charge >= 0.3 is 0 Å². The Kier molecular flexibility index (Phi) is 4.74. The normalized spacial score (nSPS) is 10.2. The molecule has 0 aliphatic rings. The summed E-state index contributed by atoms with van der Waals surface area (Å²) in [5.74, 6) is 0.416. The molecule has 5 heteroatoms. The standard InChI is InChI=1S/C15H16BrN3O/c1-10-4-3-5-11(6-10)8-19-15(20)13-7-12(16)9-18-14(13)17-2/h3-7,9H,8H2,1-2H3,(H,17,18)(H,19,20). The number of benzene rings is 1. The second-order valence-corrected chi connectivity index (χ2v) is 5.39. The van der Waals surface area contributed by atoms with Crippen molar-refractivity contribution in [3.05, 3.63) is 57.7 Å². The second kappa shape index (κ2) is 6.52. The van der Waals surface area contributed by atoms with Crippen molar-refractivity contribution in [3.8, 4) is 0 Å². The van der Waals surface area contributed by atoms with E-state index >= 15 is 0 Å². The van der Waals surface area contributed by atoms with Gasteiger partial charge in [0.1, 0.15) is 5.82 Å². The third-order valence-corrected chi connectivity index (χ3v) is 3.30. The average molecular weight is 334 g/mol. The van der Waals surface area contributed by atoms with Crippen LogP contribution >= 0.6 is 15.9 Å². The number of hydrogen-bond donors (Lipinski definition) is 2. The van der Waals surface area contributed by atoms with Gasteiger partial charge in [-0.1, -0.05) is 29.8 Å². The number of aryl methyl sites for hydroxylation is 1. The van der Waals surface area contributed by atoms with Crippen molar-refractivity contribution in [3.63, 3.8) is 0 Å². The first-order valence-corrected chi connectivity index (χ1v) is 7.06. The molecule has 0 bridgehead atoms. The number of nitrogens with zero attached hydrogens (tertiary/aromatic N) is 1. The van der Waals surface area contributed by atoms with E-state index in [2.05, 4.69) is 37.6 Å². The summed E-state index contributed by atoms with van der Waals surface area (Å²) in [6.45, 7) is 2.53. The second-order valence-electron chi connectivity index (χ2n) is 4.47. The Morgan fingerprint density at radius 2 is 2.15 bits per heavy atom. The number of halogens is 1. The number of anilines is 1. The van der Waals surface area contributed by atoms with Crippen LogP contribution in [0.5, 0.6) is 0 Å². The van der Waals surface area contributed by atoms with E-state index in [4.69, 9.17) is 0 Å². The Bertz CT molecular complexity index is 628. The minimum absolute atomic E-state index is 0.148. The number of rotatable bonds is 4. The quantitative estimate of drug-likeness (QED) is 0.903. The zero-order chi connectivity index (χ0) is 14.5.